The molecule has 1 aliphatic heterocycles. The lowest BCUT2D eigenvalue weighted by molar-refractivity contribution is 0.750. The van der Waals surface area contributed by atoms with E-state index < -0.39 is 0 Å². The van der Waals surface area contributed by atoms with Crippen molar-refractivity contribution in [3.05, 3.63) is 54.6 Å². The van der Waals surface area contributed by atoms with Gasteiger partial charge in [-0.15, -0.1) is 0 Å². The maximum Gasteiger partial charge on any atom is 0.226 e. The Bertz CT molecular complexity index is 801. The molecule has 0 aliphatic carbocycles. The van der Waals surface area contributed by atoms with Crippen LogP contribution in [0.5, 0.6) is 0 Å². The molecule has 1 atom stereocenters. The Morgan fingerprint density at radius 2 is 1.73 bits per heavy atom. The average molecular weight is 290 g/mol. The molecule has 0 spiro atoms. The van der Waals surface area contributed by atoms with E-state index >= 15 is 0 Å². The third-order valence-electron chi connectivity index (χ3n) is 4.15. The molecule has 0 bridgehead atoms. The smallest absolute Gasteiger partial charge is 0.226 e. The number of rotatable bonds is 2. The van der Waals surface area contributed by atoms with E-state index in [1.807, 2.05) is 36.4 Å². The Morgan fingerprint density at radius 1 is 0.955 bits per heavy atom. The summed E-state index contributed by atoms with van der Waals surface area (Å²) in [5, 5.41) is 1.08. The van der Waals surface area contributed by atoms with Crippen molar-refractivity contribution < 1.29 is 0 Å². The lowest BCUT2D eigenvalue weighted by Crippen LogP contribution is -2.27. The molecule has 4 rings (SSSR count). The van der Waals surface area contributed by atoms with E-state index in [1.54, 1.807) is 0 Å². The molecule has 0 unspecified atom stereocenters. The molecule has 2 heterocycles. The van der Waals surface area contributed by atoms with Gasteiger partial charge in [-0.05, 0) is 12.5 Å². The normalized spacial score (nSPS) is 18.0. The SMILES string of the molecule is N[C@@H]1CCN(c2nc(-c3ccccc3)c3ccccc3n2)C1. The second kappa shape index (κ2) is 5.39. The molecule has 1 fully saturated rings. The van der Waals surface area contributed by atoms with Gasteiger partial charge in [-0.25, -0.2) is 9.97 Å². The third kappa shape index (κ3) is 2.31. The number of aromatic nitrogens is 2. The number of nitrogens with zero attached hydrogens (tertiary/aromatic N) is 3. The summed E-state index contributed by atoms with van der Waals surface area (Å²) in [7, 11) is 0. The van der Waals surface area contributed by atoms with Crippen molar-refractivity contribution >= 4 is 16.9 Å². The first-order valence-corrected chi connectivity index (χ1v) is 7.64. The number of nitrogens with two attached hydrogens (primary N) is 1. The number of hydrogen-bond acceptors (Lipinski definition) is 4. The van der Waals surface area contributed by atoms with Crippen LogP contribution < -0.4 is 10.6 Å². The van der Waals surface area contributed by atoms with Crippen LogP contribution >= 0.6 is 0 Å². The van der Waals surface area contributed by atoms with Crippen LogP contribution in [0.15, 0.2) is 54.6 Å². The topological polar surface area (TPSA) is 55.0 Å². The maximum atomic E-state index is 6.03. The first-order chi connectivity index (χ1) is 10.8. The fourth-order valence-corrected chi connectivity index (χ4v) is 2.99. The maximum absolute atomic E-state index is 6.03. The van der Waals surface area contributed by atoms with E-state index in [1.165, 1.54) is 0 Å². The molecule has 1 aromatic heterocycles. The van der Waals surface area contributed by atoms with E-state index in [9.17, 15) is 0 Å². The predicted octanol–water partition coefficient (Wildman–Crippen LogP) is 2.83. The molecule has 2 aromatic carbocycles. The van der Waals surface area contributed by atoms with Crippen molar-refractivity contribution in [3.63, 3.8) is 0 Å². The van der Waals surface area contributed by atoms with Crippen LogP contribution in [0.4, 0.5) is 5.95 Å². The van der Waals surface area contributed by atoms with Crippen LogP contribution in [0.3, 0.4) is 0 Å². The Labute approximate surface area is 129 Å². The van der Waals surface area contributed by atoms with Crippen LogP contribution in [0.25, 0.3) is 22.2 Å². The van der Waals surface area contributed by atoms with Crippen molar-refractivity contribution in [2.24, 2.45) is 5.73 Å². The molecular formula is C18H18N4. The molecule has 2 N–H and O–H groups in total. The summed E-state index contributed by atoms with van der Waals surface area (Å²) in [4.78, 5) is 11.8. The minimum atomic E-state index is 0.218. The zero-order valence-corrected chi connectivity index (χ0v) is 12.3. The highest BCUT2D eigenvalue weighted by molar-refractivity contribution is 5.93. The molecule has 22 heavy (non-hydrogen) atoms. The molecule has 0 amide bonds. The largest absolute Gasteiger partial charge is 0.339 e. The van der Waals surface area contributed by atoms with Gasteiger partial charge in [0.2, 0.25) is 5.95 Å². The van der Waals surface area contributed by atoms with E-state index in [4.69, 9.17) is 15.7 Å². The summed E-state index contributed by atoms with van der Waals surface area (Å²) < 4.78 is 0. The minimum absolute atomic E-state index is 0.218. The quantitative estimate of drug-likeness (QED) is 0.788. The fraction of sp³-hybridized carbons (Fsp3) is 0.222. The zero-order valence-electron chi connectivity index (χ0n) is 12.3. The third-order valence-corrected chi connectivity index (χ3v) is 4.15. The van der Waals surface area contributed by atoms with Crippen LogP contribution in [0, 0.1) is 0 Å². The number of benzene rings is 2. The van der Waals surface area contributed by atoms with Crippen LogP contribution in [0.2, 0.25) is 0 Å². The van der Waals surface area contributed by atoms with Crippen molar-refractivity contribution in [1.29, 1.82) is 0 Å². The summed E-state index contributed by atoms with van der Waals surface area (Å²) in [6, 6.07) is 18.7. The van der Waals surface area contributed by atoms with Gasteiger partial charge < -0.3 is 10.6 Å². The van der Waals surface area contributed by atoms with Crippen LogP contribution in [0.1, 0.15) is 6.42 Å². The number of fused-ring (bicyclic) bond motifs is 1. The zero-order chi connectivity index (χ0) is 14.9. The fourth-order valence-electron chi connectivity index (χ4n) is 2.99. The highest BCUT2D eigenvalue weighted by Gasteiger charge is 2.22. The lowest BCUT2D eigenvalue weighted by atomic mass is 10.1. The van der Waals surface area contributed by atoms with Gasteiger partial charge in [0.05, 0.1) is 11.2 Å². The van der Waals surface area contributed by atoms with E-state index in [-0.39, 0.29) is 6.04 Å². The highest BCUT2D eigenvalue weighted by atomic mass is 15.3. The Morgan fingerprint density at radius 3 is 2.50 bits per heavy atom. The summed E-state index contributed by atoms with van der Waals surface area (Å²) in [5.41, 5.74) is 9.11. The van der Waals surface area contributed by atoms with E-state index in [2.05, 4.69) is 23.1 Å². The summed E-state index contributed by atoms with van der Waals surface area (Å²) >= 11 is 0. The summed E-state index contributed by atoms with van der Waals surface area (Å²) in [5.74, 6) is 0.783. The number of hydrogen-bond donors (Lipinski definition) is 1. The van der Waals surface area contributed by atoms with Crippen LogP contribution in [-0.2, 0) is 0 Å². The Balaban J connectivity index is 1.90. The van der Waals surface area contributed by atoms with Gasteiger partial charge in [0.25, 0.3) is 0 Å². The van der Waals surface area contributed by atoms with Gasteiger partial charge in [-0.2, -0.15) is 0 Å². The highest BCUT2D eigenvalue weighted by Crippen LogP contribution is 2.28. The Hall–Kier alpha value is -2.46. The van der Waals surface area contributed by atoms with Crippen LogP contribution in [-0.4, -0.2) is 29.1 Å². The Kier molecular flexibility index (Phi) is 3.24. The predicted molar refractivity (Wildman–Crippen MR) is 89.8 cm³/mol. The molecular weight excluding hydrogens is 272 g/mol. The van der Waals surface area contributed by atoms with E-state index in [0.29, 0.717) is 0 Å². The van der Waals surface area contributed by atoms with Crippen molar-refractivity contribution in [2.45, 2.75) is 12.5 Å². The molecule has 1 aliphatic rings. The van der Waals surface area contributed by atoms with Crippen molar-refractivity contribution in [2.75, 3.05) is 18.0 Å². The van der Waals surface area contributed by atoms with E-state index in [0.717, 1.165) is 47.6 Å². The first-order valence-electron chi connectivity index (χ1n) is 7.64. The second-order valence-electron chi connectivity index (χ2n) is 5.75. The molecule has 4 nitrogen and oxygen atoms in total. The second-order valence-corrected chi connectivity index (χ2v) is 5.75. The monoisotopic (exact) mass is 290 g/mol. The molecule has 0 saturated carbocycles. The summed E-state index contributed by atoms with van der Waals surface area (Å²) in [6.07, 6.45) is 0.997. The summed E-state index contributed by atoms with van der Waals surface area (Å²) in [6.45, 7) is 1.75. The molecule has 0 radical (unpaired) electrons. The van der Waals surface area contributed by atoms with Gasteiger partial charge >= 0.3 is 0 Å². The van der Waals surface area contributed by atoms with Gasteiger partial charge in [0.1, 0.15) is 0 Å². The van der Waals surface area contributed by atoms with Crippen molar-refractivity contribution in [1.82, 2.24) is 9.97 Å². The van der Waals surface area contributed by atoms with Gasteiger partial charge in [0.15, 0.2) is 0 Å². The first kappa shape index (κ1) is 13.2. The standard InChI is InChI=1S/C18H18N4/c19-14-10-11-22(12-14)18-20-16-9-5-4-8-15(16)17(21-18)13-6-2-1-3-7-13/h1-9,14H,10-12,19H2/t14-/m1/s1. The van der Waals surface area contributed by atoms with Gasteiger partial charge in [0, 0.05) is 30.1 Å². The number of para-hydroxylation sites is 1. The van der Waals surface area contributed by atoms with Gasteiger partial charge in [-0.3, -0.25) is 0 Å². The lowest BCUT2D eigenvalue weighted by Gasteiger charge is -2.17. The molecule has 3 aromatic rings. The average Bonchev–Trinajstić information content (AvgIpc) is 3.01. The molecule has 1 saturated heterocycles. The van der Waals surface area contributed by atoms with Gasteiger partial charge in [-0.1, -0.05) is 48.5 Å². The minimum Gasteiger partial charge on any atom is -0.339 e. The van der Waals surface area contributed by atoms with Crippen molar-refractivity contribution in [3.8, 4) is 11.3 Å². The molecule has 110 valence electrons. The molecule has 4 heteroatoms. The number of anilines is 1.